The van der Waals surface area contributed by atoms with Crippen molar-refractivity contribution in [2.24, 2.45) is 5.92 Å². The maximum atomic E-state index is 9.92. The number of hydrogen-bond donors (Lipinski definition) is 1. The van der Waals surface area contributed by atoms with Crippen LogP contribution < -0.4 is 0 Å². The summed E-state index contributed by atoms with van der Waals surface area (Å²) in [5.74, 6) is 0.398. The van der Waals surface area contributed by atoms with Gasteiger partial charge in [0.1, 0.15) is 0 Å². The third-order valence-electron chi connectivity index (χ3n) is 2.69. The van der Waals surface area contributed by atoms with Crippen LogP contribution in [0.25, 0.3) is 0 Å². The van der Waals surface area contributed by atoms with Crippen molar-refractivity contribution in [2.45, 2.75) is 18.9 Å². The molecule has 1 aliphatic rings. The molecule has 1 aromatic rings. The van der Waals surface area contributed by atoms with E-state index >= 15 is 0 Å². The van der Waals surface area contributed by atoms with Crippen molar-refractivity contribution in [3.8, 4) is 0 Å². The topological polar surface area (TPSA) is 20.2 Å². The van der Waals surface area contributed by atoms with E-state index in [1.807, 2.05) is 30.3 Å². The molecular formula is C12H14O. The minimum absolute atomic E-state index is 0.299. The first-order chi connectivity index (χ1) is 6.27. The zero-order valence-electron chi connectivity index (χ0n) is 7.61. The Morgan fingerprint density at radius 2 is 1.85 bits per heavy atom. The number of hydrogen-bond acceptors (Lipinski definition) is 1. The number of aliphatic hydroxyl groups excluding tert-OH is 1. The molecule has 1 nitrogen and oxygen atoms in total. The molecule has 1 saturated carbocycles. The minimum atomic E-state index is -0.299. The van der Waals surface area contributed by atoms with Crippen molar-refractivity contribution in [2.75, 3.05) is 0 Å². The lowest BCUT2D eigenvalue weighted by Gasteiger charge is -2.32. The number of aliphatic hydroxyl groups is 1. The van der Waals surface area contributed by atoms with Crippen LogP contribution in [0, 0.1) is 5.92 Å². The second-order valence-electron chi connectivity index (χ2n) is 3.77. The Morgan fingerprint density at radius 3 is 2.38 bits per heavy atom. The van der Waals surface area contributed by atoms with Gasteiger partial charge in [0.25, 0.3) is 0 Å². The zero-order valence-corrected chi connectivity index (χ0v) is 7.61. The van der Waals surface area contributed by atoms with E-state index in [2.05, 4.69) is 6.58 Å². The van der Waals surface area contributed by atoms with E-state index in [-0.39, 0.29) is 6.10 Å². The quantitative estimate of drug-likeness (QED) is 0.683. The van der Waals surface area contributed by atoms with Crippen LogP contribution in [0.1, 0.15) is 24.5 Å². The molecule has 0 spiro atoms. The Balaban J connectivity index is 2.06. The number of rotatable bonds is 2. The first-order valence-electron chi connectivity index (χ1n) is 4.67. The van der Waals surface area contributed by atoms with Crippen molar-refractivity contribution >= 4 is 0 Å². The lowest BCUT2D eigenvalue weighted by molar-refractivity contribution is 0.0867. The Hall–Kier alpha value is -1.08. The summed E-state index contributed by atoms with van der Waals surface area (Å²) in [7, 11) is 0. The molecule has 0 heterocycles. The summed E-state index contributed by atoms with van der Waals surface area (Å²) < 4.78 is 0. The Labute approximate surface area is 78.7 Å². The summed E-state index contributed by atoms with van der Waals surface area (Å²) in [4.78, 5) is 0. The van der Waals surface area contributed by atoms with Crippen LogP contribution in [0.2, 0.25) is 0 Å². The van der Waals surface area contributed by atoms with E-state index in [0.717, 1.165) is 18.4 Å². The SMILES string of the molecule is C=C1CC(C(O)c2ccccc2)C1. The number of benzene rings is 1. The summed E-state index contributed by atoms with van der Waals surface area (Å²) in [5, 5.41) is 9.92. The van der Waals surface area contributed by atoms with Gasteiger partial charge in [0, 0.05) is 0 Å². The lowest BCUT2D eigenvalue weighted by Crippen LogP contribution is -2.21. The summed E-state index contributed by atoms with van der Waals surface area (Å²) >= 11 is 0. The standard InChI is InChI=1S/C12H14O/c1-9-7-11(8-9)12(13)10-5-3-2-4-6-10/h2-6,11-13H,1,7-8H2. The van der Waals surface area contributed by atoms with Crippen LogP contribution in [0.15, 0.2) is 42.5 Å². The van der Waals surface area contributed by atoms with E-state index in [0.29, 0.717) is 5.92 Å². The van der Waals surface area contributed by atoms with Gasteiger partial charge in [0.15, 0.2) is 0 Å². The largest absolute Gasteiger partial charge is 0.388 e. The molecule has 13 heavy (non-hydrogen) atoms. The average molecular weight is 174 g/mol. The van der Waals surface area contributed by atoms with Crippen LogP contribution in [0.5, 0.6) is 0 Å². The summed E-state index contributed by atoms with van der Waals surface area (Å²) in [6, 6.07) is 9.85. The van der Waals surface area contributed by atoms with Gasteiger partial charge < -0.3 is 5.11 Å². The van der Waals surface area contributed by atoms with Crippen molar-refractivity contribution in [3.63, 3.8) is 0 Å². The van der Waals surface area contributed by atoms with Crippen LogP contribution in [-0.2, 0) is 0 Å². The van der Waals surface area contributed by atoms with Crippen molar-refractivity contribution in [1.29, 1.82) is 0 Å². The van der Waals surface area contributed by atoms with E-state index in [4.69, 9.17) is 0 Å². The lowest BCUT2D eigenvalue weighted by atomic mass is 9.75. The molecule has 0 radical (unpaired) electrons. The molecule has 0 bridgehead atoms. The first kappa shape index (κ1) is 8.52. The fourth-order valence-electron chi connectivity index (χ4n) is 1.83. The van der Waals surface area contributed by atoms with Crippen molar-refractivity contribution in [3.05, 3.63) is 48.0 Å². The monoisotopic (exact) mass is 174 g/mol. The fourth-order valence-corrected chi connectivity index (χ4v) is 1.83. The van der Waals surface area contributed by atoms with E-state index < -0.39 is 0 Å². The highest BCUT2D eigenvalue weighted by molar-refractivity contribution is 5.21. The number of allylic oxidation sites excluding steroid dienone is 1. The molecule has 1 N–H and O–H groups in total. The molecule has 1 unspecified atom stereocenters. The van der Waals surface area contributed by atoms with Crippen LogP contribution in [0.4, 0.5) is 0 Å². The third kappa shape index (κ3) is 1.65. The van der Waals surface area contributed by atoms with Crippen molar-refractivity contribution < 1.29 is 5.11 Å². The van der Waals surface area contributed by atoms with Gasteiger partial charge in [-0.05, 0) is 24.3 Å². The predicted molar refractivity (Wildman–Crippen MR) is 53.3 cm³/mol. The van der Waals surface area contributed by atoms with Gasteiger partial charge >= 0.3 is 0 Å². The van der Waals surface area contributed by atoms with Crippen molar-refractivity contribution in [1.82, 2.24) is 0 Å². The molecular weight excluding hydrogens is 160 g/mol. The molecule has 0 saturated heterocycles. The van der Waals surface area contributed by atoms with E-state index in [1.165, 1.54) is 5.57 Å². The smallest absolute Gasteiger partial charge is 0.0824 e. The van der Waals surface area contributed by atoms with Crippen LogP contribution >= 0.6 is 0 Å². The second-order valence-corrected chi connectivity index (χ2v) is 3.77. The normalized spacial score (nSPS) is 19.6. The molecule has 2 rings (SSSR count). The highest BCUT2D eigenvalue weighted by Gasteiger charge is 2.29. The first-order valence-corrected chi connectivity index (χ1v) is 4.67. The molecule has 1 heteroatoms. The van der Waals surface area contributed by atoms with E-state index in [9.17, 15) is 5.11 Å². The highest BCUT2D eigenvalue weighted by atomic mass is 16.3. The maximum Gasteiger partial charge on any atom is 0.0824 e. The van der Waals surface area contributed by atoms with Gasteiger partial charge in [-0.25, -0.2) is 0 Å². The highest BCUT2D eigenvalue weighted by Crippen LogP contribution is 2.40. The summed E-state index contributed by atoms with van der Waals surface area (Å²) in [5.41, 5.74) is 2.29. The Morgan fingerprint density at radius 1 is 1.23 bits per heavy atom. The molecule has 1 aliphatic carbocycles. The average Bonchev–Trinajstić information content (AvgIpc) is 2.13. The Bertz CT molecular complexity index is 294. The second kappa shape index (κ2) is 3.35. The van der Waals surface area contributed by atoms with Gasteiger partial charge in [0.2, 0.25) is 0 Å². The van der Waals surface area contributed by atoms with Gasteiger partial charge in [0.05, 0.1) is 6.10 Å². The molecule has 1 atom stereocenters. The van der Waals surface area contributed by atoms with Gasteiger partial charge in [-0.3, -0.25) is 0 Å². The molecule has 1 fully saturated rings. The minimum Gasteiger partial charge on any atom is -0.388 e. The Kier molecular flexibility index (Phi) is 2.19. The molecule has 0 amide bonds. The summed E-state index contributed by atoms with van der Waals surface area (Å²) in [6.45, 7) is 3.88. The van der Waals surface area contributed by atoms with Gasteiger partial charge in [-0.15, -0.1) is 0 Å². The van der Waals surface area contributed by atoms with Crippen LogP contribution in [0.3, 0.4) is 0 Å². The zero-order chi connectivity index (χ0) is 9.26. The van der Waals surface area contributed by atoms with Gasteiger partial charge in [-0.2, -0.15) is 0 Å². The van der Waals surface area contributed by atoms with Crippen LogP contribution in [-0.4, -0.2) is 5.11 Å². The predicted octanol–water partition coefficient (Wildman–Crippen LogP) is 2.69. The molecule has 0 aliphatic heterocycles. The van der Waals surface area contributed by atoms with Gasteiger partial charge in [-0.1, -0.05) is 42.5 Å². The maximum absolute atomic E-state index is 9.92. The molecule has 1 aromatic carbocycles. The fraction of sp³-hybridized carbons (Fsp3) is 0.333. The third-order valence-corrected chi connectivity index (χ3v) is 2.69. The van der Waals surface area contributed by atoms with E-state index in [1.54, 1.807) is 0 Å². The molecule has 68 valence electrons. The summed E-state index contributed by atoms with van der Waals surface area (Å²) in [6.07, 6.45) is 1.67. The molecule has 0 aromatic heterocycles.